The molecule has 4 rings (SSSR count). The normalized spacial score (nSPS) is 17.8. The van der Waals surface area contributed by atoms with Gasteiger partial charge in [0.15, 0.2) is 4.80 Å². The molecule has 0 bridgehead atoms. The number of carbonyl (C=O) groups excluding carboxylic acids is 1. The molecule has 1 amide bonds. The van der Waals surface area contributed by atoms with Crippen LogP contribution in [-0.4, -0.2) is 49.5 Å². The third-order valence-electron chi connectivity index (χ3n) is 6.35. The number of hydrogen-bond acceptors (Lipinski definition) is 5. The lowest BCUT2D eigenvalue weighted by molar-refractivity contribution is -0.122. The number of hydrogen-bond donors (Lipinski definition) is 0. The van der Waals surface area contributed by atoms with Crippen molar-refractivity contribution in [3.63, 3.8) is 0 Å². The van der Waals surface area contributed by atoms with Crippen LogP contribution in [0.1, 0.15) is 30.9 Å². The molecule has 0 spiro atoms. The van der Waals surface area contributed by atoms with Crippen molar-refractivity contribution >= 4 is 49.1 Å². The molecule has 1 fully saturated rings. The number of thiazole rings is 1. The van der Waals surface area contributed by atoms with E-state index < -0.39 is 15.9 Å². The van der Waals surface area contributed by atoms with Crippen molar-refractivity contribution in [3.8, 4) is 0 Å². The van der Waals surface area contributed by atoms with Crippen LogP contribution in [0, 0.1) is 19.8 Å². The number of sulfonamides is 1. The molecule has 0 saturated carbocycles. The number of carbonyl (C=O) groups is 1. The molecule has 3 aromatic rings. The standard InChI is InChI=1S/C25H30ClN3O4S2/c1-4-33-13-12-29-22-14-17(2)18(3)15-23(22)34-25(29)27-24(30)19-6-5-11-28(16-19)35(31,32)21-9-7-20(26)8-10-21/h7-10,14-15,19H,4-6,11-13,16H2,1-3H3. The predicted octanol–water partition coefficient (Wildman–Crippen LogP) is 4.54. The molecule has 1 aliphatic heterocycles. The Labute approximate surface area is 215 Å². The van der Waals surface area contributed by atoms with E-state index in [2.05, 4.69) is 31.0 Å². The molecule has 1 atom stereocenters. The van der Waals surface area contributed by atoms with Gasteiger partial charge >= 0.3 is 0 Å². The van der Waals surface area contributed by atoms with Gasteiger partial charge in [-0.3, -0.25) is 4.79 Å². The highest BCUT2D eigenvalue weighted by molar-refractivity contribution is 7.89. The van der Waals surface area contributed by atoms with Crippen LogP contribution in [0.2, 0.25) is 5.02 Å². The summed E-state index contributed by atoms with van der Waals surface area (Å²) in [6.45, 7) is 8.31. The lowest BCUT2D eigenvalue weighted by Crippen LogP contribution is -2.42. The molecule has 188 valence electrons. The highest BCUT2D eigenvalue weighted by Crippen LogP contribution is 2.26. The van der Waals surface area contributed by atoms with Crippen LogP contribution in [0.15, 0.2) is 46.3 Å². The Balaban J connectivity index is 1.63. The van der Waals surface area contributed by atoms with Crippen LogP contribution in [0.5, 0.6) is 0 Å². The van der Waals surface area contributed by atoms with E-state index in [0.717, 1.165) is 10.2 Å². The predicted molar refractivity (Wildman–Crippen MR) is 139 cm³/mol. The maximum absolute atomic E-state index is 13.3. The number of rotatable bonds is 7. The molecule has 0 N–H and O–H groups in total. The van der Waals surface area contributed by atoms with Crippen molar-refractivity contribution in [1.29, 1.82) is 0 Å². The Bertz CT molecular complexity index is 1390. The van der Waals surface area contributed by atoms with Crippen LogP contribution >= 0.6 is 22.9 Å². The quantitative estimate of drug-likeness (QED) is 0.416. The van der Waals surface area contributed by atoms with E-state index in [0.29, 0.717) is 49.0 Å². The Kier molecular flexibility index (Phi) is 8.12. The van der Waals surface area contributed by atoms with Gasteiger partial charge in [0.2, 0.25) is 10.0 Å². The number of benzene rings is 2. The number of nitrogens with zero attached hydrogens (tertiary/aromatic N) is 3. The van der Waals surface area contributed by atoms with Gasteiger partial charge in [0.25, 0.3) is 5.91 Å². The van der Waals surface area contributed by atoms with Gasteiger partial charge in [-0.05, 0) is 81.1 Å². The van der Waals surface area contributed by atoms with Crippen molar-refractivity contribution in [2.24, 2.45) is 10.9 Å². The Morgan fingerprint density at radius 1 is 1.20 bits per heavy atom. The minimum absolute atomic E-state index is 0.120. The third kappa shape index (κ3) is 5.70. The zero-order valence-electron chi connectivity index (χ0n) is 20.2. The van der Waals surface area contributed by atoms with Crippen molar-refractivity contribution in [1.82, 2.24) is 8.87 Å². The monoisotopic (exact) mass is 535 g/mol. The van der Waals surface area contributed by atoms with Crippen molar-refractivity contribution in [2.75, 3.05) is 26.3 Å². The number of aryl methyl sites for hydroxylation is 2. The molecule has 1 saturated heterocycles. The minimum Gasteiger partial charge on any atom is -0.380 e. The number of piperidine rings is 1. The molecule has 10 heteroatoms. The first-order valence-corrected chi connectivity index (χ1v) is 14.4. The lowest BCUT2D eigenvalue weighted by Gasteiger charge is -2.30. The molecule has 0 radical (unpaired) electrons. The SMILES string of the molecule is CCOCCn1c(=NC(=O)C2CCCN(S(=O)(=O)c3ccc(Cl)cc3)C2)sc2cc(C)c(C)cc21. The van der Waals surface area contributed by atoms with Crippen LogP contribution < -0.4 is 4.80 Å². The summed E-state index contributed by atoms with van der Waals surface area (Å²) in [7, 11) is -3.71. The summed E-state index contributed by atoms with van der Waals surface area (Å²) in [4.78, 5) is 18.6. The topological polar surface area (TPSA) is 81.0 Å². The van der Waals surface area contributed by atoms with Crippen LogP contribution in [0.4, 0.5) is 0 Å². The molecule has 1 aliphatic rings. The minimum atomic E-state index is -3.71. The van der Waals surface area contributed by atoms with Gasteiger partial charge in [0.1, 0.15) is 0 Å². The number of fused-ring (bicyclic) bond motifs is 1. The molecular formula is C25H30ClN3O4S2. The van der Waals surface area contributed by atoms with E-state index >= 15 is 0 Å². The molecule has 1 unspecified atom stereocenters. The van der Waals surface area contributed by atoms with E-state index in [9.17, 15) is 13.2 Å². The molecule has 2 heterocycles. The van der Waals surface area contributed by atoms with Crippen LogP contribution in [0.25, 0.3) is 10.2 Å². The Morgan fingerprint density at radius 3 is 2.63 bits per heavy atom. The highest BCUT2D eigenvalue weighted by atomic mass is 35.5. The summed E-state index contributed by atoms with van der Waals surface area (Å²) in [6, 6.07) is 10.4. The summed E-state index contributed by atoms with van der Waals surface area (Å²) >= 11 is 7.39. The second-order valence-electron chi connectivity index (χ2n) is 8.74. The lowest BCUT2D eigenvalue weighted by atomic mass is 9.99. The molecule has 0 aliphatic carbocycles. The third-order valence-corrected chi connectivity index (χ3v) is 9.52. The van der Waals surface area contributed by atoms with Crippen molar-refractivity contribution in [2.45, 2.75) is 45.1 Å². The number of aromatic nitrogens is 1. The largest absolute Gasteiger partial charge is 0.380 e. The van der Waals surface area contributed by atoms with Gasteiger partial charge in [-0.2, -0.15) is 9.30 Å². The molecule has 7 nitrogen and oxygen atoms in total. The number of ether oxygens (including phenoxy) is 1. The van der Waals surface area contributed by atoms with E-state index in [-0.39, 0.29) is 17.3 Å². The smallest absolute Gasteiger partial charge is 0.252 e. The average Bonchev–Trinajstić information content (AvgIpc) is 3.15. The maximum atomic E-state index is 13.3. The molecule has 35 heavy (non-hydrogen) atoms. The average molecular weight is 536 g/mol. The number of amides is 1. The second kappa shape index (κ2) is 10.9. The number of halogens is 1. The van der Waals surface area contributed by atoms with Gasteiger partial charge in [0, 0.05) is 31.3 Å². The first-order chi connectivity index (χ1) is 16.7. The van der Waals surface area contributed by atoms with Gasteiger partial charge in [-0.1, -0.05) is 22.9 Å². The Hall–Kier alpha value is -2.04. The van der Waals surface area contributed by atoms with Gasteiger partial charge in [0.05, 0.1) is 27.6 Å². The fourth-order valence-corrected chi connectivity index (χ4v) is 7.02. The van der Waals surface area contributed by atoms with Gasteiger partial charge in [-0.15, -0.1) is 0 Å². The highest BCUT2D eigenvalue weighted by Gasteiger charge is 2.33. The fraction of sp³-hybridized carbons (Fsp3) is 0.440. The van der Waals surface area contributed by atoms with E-state index in [4.69, 9.17) is 16.3 Å². The Morgan fingerprint density at radius 2 is 1.91 bits per heavy atom. The second-order valence-corrected chi connectivity index (χ2v) is 12.1. The first kappa shape index (κ1) is 26.0. The summed E-state index contributed by atoms with van der Waals surface area (Å²) < 4.78 is 36.3. The fourth-order valence-electron chi connectivity index (χ4n) is 4.23. The summed E-state index contributed by atoms with van der Waals surface area (Å²) in [5, 5.41) is 0.473. The van der Waals surface area contributed by atoms with Crippen molar-refractivity contribution in [3.05, 3.63) is 57.3 Å². The zero-order chi connectivity index (χ0) is 25.2. The first-order valence-electron chi connectivity index (χ1n) is 11.7. The summed E-state index contributed by atoms with van der Waals surface area (Å²) in [5.74, 6) is -0.772. The molecule has 2 aromatic carbocycles. The van der Waals surface area contributed by atoms with Gasteiger partial charge in [-0.25, -0.2) is 8.42 Å². The van der Waals surface area contributed by atoms with E-state index in [1.165, 1.54) is 38.9 Å². The molecular weight excluding hydrogens is 506 g/mol. The maximum Gasteiger partial charge on any atom is 0.252 e. The van der Waals surface area contributed by atoms with Gasteiger partial charge < -0.3 is 9.30 Å². The summed E-state index contributed by atoms with van der Waals surface area (Å²) in [6.07, 6.45) is 1.21. The summed E-state index contributed by atoms with van der Waals surface area (Å²) in [5.41, 5.74) is 3.39. The molecule has 1 aromatic heterocycles. The zero-order valence-corrected chi connectivity index (χ0v) is 22.5. The van der Waals surface area contributed by atoms with Crippen LogP contribution in [0.3, 0.4) is 0 Å². The van der Waals surface area contributed by atoms with Crippen LogP contribution in [-0.2, 0) is 26.1 Å². The van der Waals surface area contributed by atoms with Crippen molar-refractivity contribution < 1.29 is 17.9 Å². The van der Waals surface area contributed by atoms with E-state index in [1.54, 1.807) is 12.1 Å². The van der Waals surface area contributed by atoms with E-state index in [1.807, 2.05) is 11.5 Å².